The molecular formula is C29H34N4O7S. The lowest BCUT2D eigenvalue weighted by Gasteiger charge is -2.37. The van der Waals surface area contributed by atoms with E-state index in [0.29, 0.717) is 22.0 Å². The van der Waals surface area contributed by atoms with Gasteiger partial charge in [-0.25, -0.2) is 17.9 Å². The molecule has 0 aromatic heterocycles. The van der Waals surface area contributed by atoms with Gasteiger partial charge in [0, 0.05) is 55.2 Å². The van der Waals surface area contributed by atoms with Gasteiger partial charge in [-0.3, -0.25) is 9.59 Å². The Morgan fingerprint density at radius 1 is 1.00 bits per heavy atom. The van der Waals surface area contributed by atoms with Crippen molar-refractivity contribution in [1.29, 1.82) is 0 Å². The minimum atomic E-state index is -4.14. The maximum atomic E-state index is 13.7. The number of hydrogen-bond acceptors (Lipinski definition) is 8. The zero-order valence-corrected chi connectivity index (χ0v) is 24.2. The van der Waals surface area contributed by atoms with Crippen LogP contribution in [0, 0.1) is 12.8 Å². The Bertz CT molecular complexity index is 1560. The largest absolute Gasteiger partial charge is 0.466 e. The molecule has 0 aliphatic carbocycles. The van der Waals surface area contributed by atoms with E-state index in [-0.39, 0.29) is 36.9 Å². The first-order chi connectivity index (χ1) is 19.5. The molecule has 1 aliphatic heterocycles. The lowest BCUT2D eigenvalue weighted by molar-refractivity contribution is -0.151. The fraction of sp³-hybridized carbons (Fsp3) is 0.345. The number of hydrogen-bond donors (Lipinski definition) is 2. The number of amides is 2. The zero-order valence-electron chi connectivity index (χ0n) is 23.4. The summed E-state index contributed by atoms with van der Waals surface area (Å²) in [7, 11) is -1.02. The van der Waals surface area contributed by atoms with Crippen LogP contribution in [0.25, 0.3) is 10.8 Å². The van der Waals surface area contributed by atoms with Crippen LogP contribution in [0.4, 0.5) is 10.5 Å². The molecule has 2 atom stereocenters. The number of likely N-dealkylation sites (tertiary alicyclic amines) is 1. The predicted octanol–water partition coefficient (Wildman–Crippen LogP) is 3.55. The second-order valence-electron chi connectivity index (χ2n) is 9.92. The van der Waals surface area contributed by atoms with Crippen LogP contribution in [-0.2, 0) is 24.4 Å². The van der Waals surface area contributed by atoms with E-state index in [1.54, 1.807) is 63.5 Å². The first kappa shape index (κ1) is 30.0. The van der Waals surface area contributed by atoms with Crippen molar-refractivity contribution in [3.05, 3.63) is 71.8 Å². The van der Waals surface area contributed by atoms with Crippen molar-refractivity contribution >= 4 is 44.5 Å². The van der Waals surface area contributed by atoms with Crippen LogP contribution in [0.3, 0.4) is 0 Å². The molecule has 0 radical (unpaired) electrons. The van der Waals surface area contributed by atoms with Crippen LogP contribution < -0.4 is 10.0 Å². The number of nitrogens with one attached hydrogen (secondary N) is 2. The standard InChI is InChI=1S/C29H34N4O7S/c1-5-39-28(35)23-18-33(29(36)40-32(3)4)17-16-25(23)31-41(37,38)26-15-14-24(21-12-8-9-13-22(21)26)30-27(34)20-11-7-6-10-19(20)2/h6-15,23,25,31H,5,16-18H2,1-4H3,(H,30,34). The fourth-order valence-corrected chi connectivity index (χ4v) is 6.38. The van der Waals surface area contributed by atoms with E-state index < -0.39 is 34.0 Å². The van der Waals surface area contributed by atoms with Gasteiger partial charge in [0.05, 0.1) is 17.4 Å². The van der Waals surface area contributed by atoms with Crippen LogP contribution >= 0.6 is 0 Å². The molecular weight excluding hydrogens is 548 g/mol. The van der Waals surface area contributed by atoms with Gasteiger partial charge in [-0.2, -0.15) is 0 Å². The fourth-order valence-electron chi connectivity index (χ4n) is 4.86. The SMILES string of the molecule is CCOC(=O)C1CN(C(=O)ON(C)C)CCC1NS(=O)(=O)c1ccc(NC(=O)c2ccccc2C)c2ccccc12. The van der Waals surface area contributed by atoms with Gasteiger partial charge in [-0.1, -0.05) is 42.5 Å². The number of sulfonamides is 1. The molecule has 1 fully saturated rings. The summed E-state index contributed by atoms with van der Waals surface area (Å²) >= 11 is 0. The molecule has 1 aliphatic rings. The highest BCUT2D eigenvalue weighted by Gasteiger charge is 2.40. The third kappa shape index (κ3) is 6.84. The van der Waals surface area contributed by atoms with Gasteiger partial charge in [0.15, 0.2) is 0 Å². The van der Waals surface area contributed by atoms with Gasteiger partial charge in [0.1, 0.15) is 0 Å². The van der Waals surface area contributed by atoms with Gasteiger partial charge in [-0.15, -0.1) is 5.06 Å². The first-order valence-corrected chi connectivity index (χ1v) is 14.7. The number of esters is 1. The van der Waals surface area contributed by atoms with Crippen LogP contribution in [-0.4, -0.2) is 76.2 Å². The molecule has 218 valence electrons. The number of rotatable bonds is 8. The van der Waals surface area contributed by atoms with Crippen LogP contribution in [0.5, 0.6) is 0 Å². The summed E-state index contributed by atoms with van der Waals surface area (Å²) < 4.78 is 35.4. The normalized spacial score (nSPS) is 17.3. The van der Waals surface area contributed by atoms with E-state index in [4.69, 9.17) is 9.57 Å². The highest BCUT2D eigenvalue weighted by atomic mass is 32.2. The Morgan fingerprint density at radius 3 is 2.37 bits per heavy atom. The van der Waals surface area contributed by atoms with E-state index in [0.717, 1.165) is 5.56 Å². The number of benzene rings is 3. The molecule has 1 heterocycles. The molecule has 11 nitrogen and oxygen atoms in total. The molecule has 12 heteroatoms. The summed E-state index contributed by atoms with van der Waals surface area (Å²) in [5, 5.41) is 5.09. The number of ether oxygens (including phenoxy) is 1. The number of fused-ring (bicyclic) bond motifs is 1. The van der Waals surface area contributed by atoms with Crippen molar-refractivity contribution in [3.63, 3.8) is 0 Å². The number of nitrogens with zero attached hydrogens (tertiary/aromatic N) is 2. The Morgan fingerprint density at radius 2 is 1.68 bits per heavy atom. The Labute approximate surface area is 239 Å². The highest BCUT2D eigenvalue weighted by Crippen LogP contribution is 2.31. The molecule has 3 aromatic carbocycles. The predicted molar refractivity (Wildman–Crippen MR) is 154 cm³/mol. The molecule has 0 bridgehead atoms. The number of carbonyl (C=O) groups excluding carboxylic acids is 3. The summed E-state index contributed by atoms with van der Waals surface area (Å²) in [5.74, 6) is -1.85. The maximum absolute atomic E-state index is 13.7. The maximum Gasteiger partial charge on any atom is 0.428 e. The van der Waals surface area contributed by atoms with Crippen molar-refractivity contribution in [3.8, 4) is 0 Å². The third-order valence-electron chi connectivity index (χ3n) is 6.84. The van der Waals surface area contributed by atoms with Gasteiger partial charge >= 0.3 is 12.1 Å². The Balaban J connectivity index is 1.62. The van der Waals surface area contributed by atoms with Gasteiger partial charge in [0.25, 0.3) is 5.91 Å². The van der Waals surface area contributed by atoms with E-state index in [1.807, 2.05) is 19.1 Å². The van der Waals surface area contributed by atoms with Gasteiger partial charge in [0.2, 0.25) is 10.0 Å². The zero-order chi connectivity index (χ0) is 29.7. The molecule has 0 saturated carbocycles. The molecule has 2 unspecified atom stereocenters. The summed E-state index contributed by atoms with van der Waals surface area (Å²) in [6, 6.07) is 16.2. The van der Waals surface area contributed by atoms with Crippen molar-refractivity contribution in [2.75, 3.05) is 39.1 Å². The highest BCUT2D eigenvalue weighted by molar-refractivity contribution is 7.89. The number of hydroxylamine groups is 2. The second-order valence-corrected chi connectivity index (χ2v) is 11.6. The lowest BCUT2D eigenvalue weighted by Crippen LogP contribution is -2.55. The van der Waals surface area contributed by atoms with Crippen molar-refractivity contribution in [2.24, 2.45) is 5.92 Å². The number of carbonyl (C=O) groups is 3. The average Bonchev–Trinajstić information content (AvgIpc) is 2.93. The summed E-state index contributed by atoms with van der Waals surface area (Å²) in [4.78, 5) is 44.7. The topological polar surface area (TPSA) is 134 Å². The monoisotopic (exact) mass is 582 g/mol. The van der Waals surface area contributed by atoms with Gasteiger partial charge < -0.3 is 19.8 Å². The van der Waals surface area contributed by atoms with Crippen LogP contribution in [0.15, 0.2) is 65.6 Å². The summed E-state index contributed by atoms with van der Waals surface area (Å²) in [6.07, 6.45) is -0.465. The van der Waals surface area contributed by atoms with Crippen molar-refractivity contribution < 1.29 is 32.4 Å². The third-order valence-corrected chi connectivity index (χ3v) is 8.39. The molecule has 2 amide bonds. The molecule has 1 saturated heterocycles. The lowest BCUT2D eigenvalue weighted by atomic mass is 9.93. The second kappa shape index (κ2) is 12.7. The quantitative estimate of drug-likeness (QED) is 0.304. The average molecular weight is 583 g/mol. The minimum Gasteiger partial charge on any atom is -0.466 e. The molecule has 41 heavy (non-hydrogen) atoms. The number of aryl methyl sites for hydroxylation is 1. The van der Waals surface area contributed by atoms with E-state index in [2.05, 4.69) is 10.0 Å². The number of anilines is 1. The van der Waals surface area contributed by atoms with E-state index in [9.17, 15) is 22.8 Å². The van der Waals surface area contributed by atoms with E-state index in [1.165, 1.54) is 16.0 Å². The van der Waals surface area contributed by atoms with Crippen molar-refractivity contribution in [1.82, 2.24) is 14.7 Å². The molecule has 0 spiro atoms. The molecule has 4 rings (SSSR count). The number of piperidine rings is 1. The van der Waals surface area contributed by atoms with Crippen LogP contribution in [0.2, 0.25) is 0 Å². The van der Waals surface area contributed by atoms with Crippen LogP contribution in [0.1, 0.15) is 29.3 Å². The van der Waals surface area contributed by atoms with E-state index >= 15 is 0 Å². The minimum absolute atomic E-state index is 0.000883. The van der Waals surface area contributed by atoms with Gasteiger partial charge in [-0.05, 0) is 44.0 Å². The molecule has 3 aromatic rings. The summed E-state index contributed by atoms with van der Waals surface area (Å²) in [6.45, 7) is 3.72. The Kier molecular flexibility index (Phi) is 9.26. The van der Waals surface area contributed by atoms with Crippen molar-refractivity contribution in [2.45, 2.75) is 31.2 Å². The summed E-state index contributed by atoms with van der Waals surface area (Å²) in [5.41, 5.74) is 1.79. The smallest absolute Gasteiger partial charge is 0.428 e. The first-order valence-electron chi connectivity index (χ1n) is 13.2. The molecule has 2 N–H and O–H groups in total. The Hall–Kier alpha value is -4.00.